The molecule has 2 heterocycles. The standard InChI is InChI=1S/C14H23N3O/c1-17-9-4-6-13(7-10-17)16-11-12-5-3-8-15-14(12)18-2/h3,5,8,13,16H,4,6-7,9-11H2,1-2H3. The molecule has 1 saturated heterocycles. The Hall–Kier alpha value is -1.13. The van der Waals surface area contributed by atoms with E-state index in [-0.39, 0.29) is 0 Å². The van der Waals surface area contributed by atoms with Crippen molar-refractivity contribution >= 4 is 0 Å². The second-order valence-electron chi connectivity index (χ2n) is 4.98. The highest BCUT2D eigenvalue weighted by Crippen LogP contribution is 2.15. The molecule has 18 heavy (non-hydrogen) atoms. The molecule has 1 aliphatic heterocycles. The molecule has 1 aromatic heterocycles. The Morgan fingerprint density at radius 2 is 2.33 bits per heavy atom. The van der Waals surface area contributed by atoms with E-state index in [1.54, 1.807) is 13.3 Å². The number of methoxy groups -OCH3 is 1. The van der Waals surface area contributed by atoms with Crippen LogP contribution in [0.25, 0.3) is 0 Å². The van der Waals surface area contributed by atoms with Gasteiger partial charge in [0.2, 0.25) is 5.88 Å². The molecule has 4 heteroatoms. The summed E-state index contributed by atoms with van der Waals surface area (Å²) in [5, 5.41) is 3.63. The third kappa shape index (κ3) is 3.68. The summed E-state index contributed by atoms with van der Waals surface area (Å²) in [6.07, 6.45) is 5.52. The van der Waals surface area contributed by atoms with Gasteiger partial charge in [-0.15, -0.1) is 0 Å². The molecular formula is C14H23N3O. The summed E-state index contributed by atoms with van der Waals surface area (Å²) in [5.41, 5.74) is 1.14. The van der Waals surface area contributed by atoms with E-state index < -0.39 is 0 Å². The number of hydrogen-bond acceptors (Lipinski definition) is 4. The summed E-state index contributed by atoms with van der Waals surface area (Å²) in [6, 6.07) is 4.64. The molecule has 1 fully saturated rings. The van der Waals surface area contributed by atoms with E-state index in [1.165, 1.54) is 32.4 Å². The van der Waals surface area contributed by atoms with E-state index in [4.69, 9.17) is 4.74 Å². The van der Waals surface area contributed by atoms with E-state index in [0.717, 1.165) is 18.0 Å². The molecule has 2 rings (SSSR count). The van der Waals surface area contributed by atoms with Crippen LogP contribution in [-0.4, -0.2) is 43.2 Å². The van der Waals surface area contributed by atoms with Crippen molar-refractivity contribution in [2.24, 2.45) is 0 Å². The van der Waals surface area contributed by atoms with Gasteiger partial charge in [-0.05, 0) is 45.5 Å². The van der Waals surface area contributed by atoms with Crippen molar-refractivity contribution in [3.05, 3.63) is 23.9 Å². The van der Waals surface area contributed by atoms with Crippen LogP contribution in [0, 0.1) is 0 Å². The van der Waals surface area contributed by atoms with Crippen molar-refractivity contribution in [1.82, 2.24) is 15.2 Å². The number of pyridine rings is 1. The first-order valence-electron chi connectivity index (χ1n) is 6.69. The molecule has 100 valence electrons. The monoisotopic (exact) mass is 249 g/mol. The highest BCUT2D eigenvalue weighted by molar-refractivity contribution is 5.25. The van der Waals surface area contributed by atoms with Gasteiger partial charge in [-0.1, -0.05) is 6.07 Å². The average molecular weight is 249 g/mol. The molecule has 0 bridgehead atoms. The van der Waals surface area contributed by atoms with Crippen molar-refractivity contribution in [2.45, 2.75) is 31.8 Å². The van der Waals surface area contributed by atoms with Gasteiger partial charge in [0.15, 0.2) is 0 Å². The lowest BCUT2D eigenvalue weighted by Crippen LogP contribution is -2.30. The maximum atomic E-state index is 5.27. The Morgan fingerprint density at radius 3 is 3.17 bits per heavy atom. The van der Waals surface area contributed by atoms with E-state index in [0.29, 0.717) is 6.04 Å². The summed E-state index contributed by atoms with van der Waals surface area (Å²) in [5.74, 6) is 0.732. The van der Waals surface area contributed by atoms with Crippen LogP contribution in [0.5, 0.6) is 5.88 Å². The summed E-state index contributed by atoms with van der Waals surface area (Å²) in [7, 11) is 3.87. The Morgan fingerprint density at radius 1 is 1.44 bits per heavy atom. The first-order chi connectivity index (χ1) is 8.79. The fourth-order valence-electron chi connectivity index (χ4n) is 2.44. The molecule has 1 N–H and O–H groups in total. The van der Waals surface area contributed by atoms with Crippen molar-refractivity contribution in [2.75, 3.05) is 27.2 Å². The lowest BCUT2D eigenvalue weighted by molar-refractivity contribution is 0.343. The maximum Gasteiger partial charge on any atom is 0.217 e. The average Bonchev–Trinajstić information content (AvgIpc) is 2.61. The van der Waals surface area contributed by atoms with E-state index >= 15 is 0 Å². The number of hydrogen-bond donors (Lipinski definition) is 1. The normalized spacial score (nSPS) is 21.6. The quantitative estimate of drug-likeness (QED) is 0.880. The molecule has 1 aliphatic rings. The van der Waals surface area contributed by atoms with Gasteiger partial charge in [0.05, 0.1) is 7.11 Å². The van der Waals surface area contributed by atoms with Crippen molar-refractivity contribution < 1.29 is 4.74 Å². The van der Waals surface area contributed by atoms with E-state index in [9.17, 15) is 0 Å². The minimum atomic E-state index is 0.611. The Bertz CT molecular complexity index is 370. The molecular weight excluding hydrogens is 226 g/mol. The number of nitrogens with zero attached hydrogens (tertiary/aromatic N) is 2. The van der Waals surface area contributed by atoms with Gasteiger partial charge in [-0.2, -0.15) is 0 Å². The predicted molar refractivity (Wildman–Crippen MR) is 72.8 cm³/mol. The largest absolute Gasteiger partial charge is 0.481 e. The summed E-state index contributed by atoms with van der Waals surface area (Å²) < 4.78 is 5.27. The molecule has 0 amide bonds. The zero-order valence-electron chi connectivity index (χ0n) is 11.4. The maximum absolute atomic E-state index is 5.27. The molecule has 0 spiro atoms. The second-order valence-corrected chi connectivity index (χ2v) is 4.98. The van der Waals surface area contributed by atoms with Gasteiger partial charge in [-0.3, -0.25) is 0 Å². The molecule has 1 aromatic rings. The minimum Gasteiger partial charge on any atom is -0.481 e. The molecule has 1 atom stereocenters. The minimum absolute atomic E-state index is 0.611. The van der Waals surface area contributed by atoms with Gasteiger partial charge >= 0.3 is 0 Å². The first-order valence-corrected chi connectivity index (χ1v) is 6.69. The number of aromatic nitrogens is 1. The lowest BCUT2D eigenvalue weighted by atomic mass is 10.1. The van der Waals surface area contributed by atoms with Crippen LogP contribution >= 0.6 is 0 Å². The molecule has 4 nitrogen and oxygen atoms in total. The van der Waals surface area contributed by atoms with Gasteiger partial charge < -0.3 is 15.0 Å². The number of likely N-dealkylation sites (tertiary alicyclic amines) is 1. The van der Waals surface area contributed by atoms with Crippen LogP contribution in [-0.2, 0) is 6.54 Å². The predicted octanol–water partition coefficient (Wildman–Crippen LogP) is 1.66. The molecule has 0 aliphatic carbocycles. The van der Waals surface area contributed by atoms with Crippen molar-refractivity contribution in [3.63, 3.8) is 0 Å². The lowest BCUT2D eigenvalue weighted by Gasteiger charge is -2.17. The Balaban J connectivity index is 1.87. The third-order valence-corrected chi connectivity index (χ3v) is 3.58. The molecule has 0 saturated carbocycles. The zero-order chi connectivity index (χ0) is 12.8. The highest BCUT2D eigenvalue weighted by atomic mass is 16.5. The summed E-state index contributed by atoms with van der Waals surface area (Å²) in [6.45, 7) is 3.24. The Labute approximate surface area is 109 Å². The summed E-state index contributed by atoms with van der Waals surface area (Å²) in [4.78, 5) is 6.63. The molecule has 0 radical (unpaired) electrons. The van der Waals surface area contributed by atoms with Crippen LogP contribution < -0.4 is 10.1 Å². The fourth-order valence-corrected chi connectivity index (χ4v) is 2.44. The zero-order valence-corrected chi connectivity index (χ0v) is 11.4. The highest BCUT2D eigenvalue weighted by Gasteiger charge is 2.14. The first kappa shape index (κ1) is 13.3. The van der Waals surface area contributed by atoms with Crippen LogP contribution in [0.1, 0.15) is 24.8 Å². The van der Waals surface area contributed by atoms with E-state index in [1.807, 2.05) is 6.07 Å². The van der Waals surface area contributed by atoms with Gasteiger partial charge in [-0.25, -0.2) is 4.98 Å². The van der Waals surface area contributed by atoms with Gasteiger partial charge in [0.25, 0.3) is 0 Å². The molecule has 1 unspecified atom stereocenters. The van der Waals surface area contributed by atoms with Crippen LogP contribution in [0.4, 0.5) is 0 Å². The summed E-state index contributed by atoms with van der Waals surface area (Å²) >= 11 is 0. The number of ether oxygens (including phenoxy) is 1. The Kier molecular flexibility index (Phi) is 4.96. The number of nitrogens with one attached hydrogen (secondary N) is 1. The topological polar surface area (TPSA) is 37.4 Å². The van der Waals surface area contributed by atoms with E-state index in [2.05, 4.69) is 28.3 Å². The SMILES string of the molecule is COc1ncccc1CNC1CCCN(C)CC1. The number of rotatable bonds is 4. The van der Waals surface area contributed by atoms with Crippen molar-refractivity contribution in [3.8, 4) is 5.88 Å². The van der Waals surface area contributed by atoms with Gasteiger partial charge in [0.1, 0.15) is 0 Å². The van der Waals surface area contributed by atoms with Crippen LogP contribution in [0.15, 0.2) is 18.3 Å². The van der Waals surface area contributed by atoms with Crippen LogP contribution in [0.2, 0.25) is 0 Å². The smallest absolute Gasteiger partial charge is 0.217 e. The fraction of sp³-hybridized carbons (Fsp3) is 0.643. The van der Waals surface area contributed by atoms with Gasteiger partial charge in [0, 0.05) is 24.3 Å². The van der Waals surface area contributed by atoms with Crippen LogP contribution in [0.3, 0.4) is 0 Å². The molecule has 0 aromatic carbocycles. The second kappa shape index (κ2) is 6.71. The van der Waals surface area contributed by atoms with Crippen molar-refractivity contribution in [1.29, 1.82) is 0 Å². The third-order valence-electron chi connectivity index (χ3n) is 3.58.